The molecule has 116 valence electrons. The van der Waals surface area contributed by atoms with Gasteiger partial charge in [-0.25, -0.2) is 4.79 Å². The van der Waals surface area contributed by atoms with Crippen LogP contribution in [-0.4, -0.2) is 17.0 Å². The van der Waals surface area contributed by atoms with Crippen molar-refractivity contribution < 1.29 is 14.5 Å². The number of rotatable bonds is 3. The van der Waals surface area contributed by atoms with Crippen LogP contribution in [0.2, 0.25) is 0 Å². The Morgan fingerprint density at radius 3 is 2.45 bits per heavy atom. The summed E-state index contributed by atoms with van der Waals surface area (Å²) >= 11 is 0. The highest BCUT2D eigenvalue weighted by Gasteiger charge is 2.55. The summed E-state index contributed by atoms with van der Waals surface area (Å²) in [6.07, 6.45) is 1.72. The minimum atomic E-state index is -0.492. The van der Waals surface area contributed by atoms with Crippen LogP contribution in [0.5, 0.6) is 0 Å². The van der Waals surface area contributed by atoms with Crippen molar-refractivity contribution >= 4 is 11.7 Å². The lowest BCUT2D eigenvalue weighted by molar-refractivity contribution is -0.384. The Kier molecular flexibility index (Phi) is 3.31. The minimum Gasteiger partial charge on any atom is -0.454 e. The first-order chi connectivity index (χ1) is 10.3. The standard InChI is InChI=1S/C17H19NO4/c1-10-14-8-12(17(14,2)3)9-15(10)22-16(19)11-4-6-13(7-5-11)18(20)21/h4-7,12,14-15H,1,8-9H2,2-3H3. The van der Waals surface area contributed by atoms with E-state index in [1.807, 2.05) is 0 Å². The van der Waals surface area contributed by atoms with Crippen LogP contribution in [0.4, 0.5) is 5.69 Å². The van der Waals surface area contributed by atoms with Crippen molar-refractivity contribution in [2.24, 2.45) is 17.3 Å². The molecular weight excluding hydrogens is 282 g/mol. The summed E-state index contributed by atoms with van der Waals surface area (Å²) in [5.41, 5.74) is 1.55. The summed E-state index contributed by atoms with van der Waals surface area (Å²) in [4.78, 5) is 22.3. The van der Waals surface area contributed by atoms with Gasteiger partial charge in [0, 0.05) is 12.1 Å². The van der Waals surface area contributed by atoms with Gasteiger partial charge in [0.2, 0.25) is 0 Å². The maximum absolute atomic E-state index is 12.2. The molecular formula is C17H19NO4. The fourth-order valence-electron chi connectivity index (χ4n) is 3.72. The molecule has 4 rings (SSSR count). The van der Waals surface area contributed by atoms with Gasteiger partial charge in [-0.15, -0.1) is 0 Å². The third-order valence-corrected chi connectivity index (χ3v) is 5.39. The summed E-state index contributed by atoms with van der Waals surface area (Å²) < 4.78 is 5.58. The molecule has 0 aromatic heterocycles. The summed E-state index contributed by atoms with van der Waals surface area (Å²) in [6.45, 7) is 8.61. The number of ether oxygens (including phenoxy) is 1. The zero-order chi connectivity index (χ0) is 16.1. The van der Waals surface area contributed by atoms with E-state index in [-0.39, 0.29) is 17.2 Å². The first kappa shape index (κ1) is 14.8. The molecule has 0 amide bonds. The highest BCUT2D eigenvalue weighted by Crippen LogP contribution is 2.61. The van der Waals surface area contributed by atoms with Crippen molar-refractivity contribution in [3.63, 3.8) is 0 Å². The summed E-state index contributed by atoms with van der Waals surface area (Å²) in [7, 11) is 0. The predicted octanol–water partition coefficient (Wildman–Crippen LogP) is 3.74. The molecule has 3 atom stereocenters. The van der Waals surface area contributed by atoms with Crippen molar-refractivity contribution in [3.8, 4) is 0 Å². The number of nitrogens with zero attached hydrogens (tertiary/aromatic N) is 1. The largest absolute Gasteiger partial charge is 0.454 e. The number of carbonyl (C=O) groups is 1. The smallest absolute Gasteiger partial charge is 0.338 e. The van der Waals surface area contributed by atoms with E-state index in [0.29, 0.717) is 17.4 Å². The average molecular weight is 301 g/mol. The van der Waals surface area contributed by atoms with Crippen LogP contribution in [0.1, 0.15) is 37.0 Å². The third kappa shape index (κ3) is 2.21. The van der Waals surface area contributed by atoms with Crippen LogP contribution in [0.3, 0.4) is 0 Å². The minimum absolute atomic E-state index is 0.0402. The number of fused-ring (bicyclic) bond motifs is 2. The second kappa shape index (κ2) is 4.93. The van der Waals surface area contributed by atoms with E-state index in [1.165, 1.54) is 24.3 Å². The lowest BCUT2D eigenvalue weighted by Gasteiger charge is -2.59. The molecule has 1 aromatic rings. The van der Waals surface area contributed by atoms with Gasteiger partial charge in [0.1, 0.15) is 6.10 Å². The topological polar surface area (TPSA) is 69.4 Å². The van der Waals surface area contributed by atoms with E-state index in [0.717, 1.165) is 18.4 Å². The van der Waals surface area contributed by atoms with Gasteiger partial charge in [-0.3, -0.25) is 10.1 Å². The van der Waals surface area contributed by atoms with Crippen molar-refractivity contribution in [1.29, 1.82) is 0 Å². The van der Waals surface area contributed by atoms with Crippen molar-refractivity contribution in [3.05, 3.63) is 52.1 Å². The molecule has 0 radical (unpaired) electrons. The zero-order valence-electron chi connectivity index (χ0n) is 12.7. The molecule has 1 aromatic carbocycles. The van der Waals surface area contributed by atoms with E-state index in [9.17, 15) is 14.9 Å². The number of carbonyl (C=O) groups excluding carboxylic acids is 1. The van der Waals surface area contributed by atoms with Crippen LogP contribution < -0.4 is 0 Å². The summed E-state index contributed by atoms with van der Waals surface area (Å²) in [5.74, 6) is 0.540. The molecule has 2 bridgehead atoms. The van der Waals surface area contributed by atoms with Crippen LogP contribution in [0.25, 0.3) is 0 Å². The van der Waals surface area contributed by atoms with Gasteiger partial charge in [0.05, 0.1) is 10.5 Å². The second-order valence-corrected chi connectivity index (χ2v) is 6.82. The van der Waals surface area contributed by atoms with Crippen LogP contribution >= 0.6 is 0 Å². The molecule has 3 fully saturated rings. The van der Waals surface area contributed by atoms with E-state index in [2.05, 4.69) is 20.4 Å². The summed E-state index contributed by atoms with van der Waals surface area (Å²) in [5, 5.41) is 10.6. The number of nitro groups is 1. The number of hydrogen-bond donors (Lipinski definition) is 0. The highest BCUT2D eigenvalue weighted by atomic mass is 16.6. The molecule has 0 saturated heterocycles. The highest BCUT2D eigenvalue weighted by molar-refractivity contribution is 5.89. The van der Waals surface area contributed by atoms with Crippen LogP contribution in [0, 0.1) is 27.4 Å². The Balaban J connectivity index is 1.68. The number of non-ortho nitro benzene ring substituents is 1. The quantitative estimate of drug-likeness (QED) is 0.369. The van der Waals surface area contributed by atoms with Gasteiger partial charge in [-0.1, -0.05) is 20.4 Å². The first-order valence-corrected chi connectivity index (χ1v) is 7.45. The molecule has 0 aliphatic heterocycles. The third-order valence-electron chi connectivity index (χ3n) is 5.39. The van der Waals surface area contributed by atoms with Gasteiger partial charge in [-0.05, 0) is 47.8 Å². The first-order valence-electron chi connectivity index (χ1n) is 7.45. The Morgan fingerprint density at radius 1 is 1.32 bits per heavy atom. The Bertz CT molecular complexity index is 647. The zero-order valence-corrected chi connectivity index (χ0v) is 12.7. The lowest BCUT2D eigenvalue weighted by Crippen LogP contribution is -2.54. The molecule has 0 spiro atoms. The lowest BCUT2D eigenvalue weighted by atomic mass is 9.47. The molecule has 5 nitrogen and oxygen atoms in total. The maximum Gasteiger partial charge on any atom is 0.338 e. The number of esters is 1. The van der Waals surface area contributed by atoms with E-state index in [4.69, 9.17) is 4.74 Å². The Morgan fingerprint density at radius 2 is 1.95 bits per heavy atom. The van der Waals surface area contributed by atoms with Gasteiger partial charge in [0.15, 0.2) is 0 Å². The van der Waals surface area contributed by atoms with E-state index >= 15 is 0 Å². The van der Waals surface area contributed by atoms with Crippen LogP contribution in [0.15, 0.2) is 36.4 Å². The fraction of sp³-hybridized carbons (Fsp3) is 0.471. The molecule has 3 unspecified atom stereocenters. The van der Waals surface area contributed by atoms with Crippen molar-refractivity contribution in [2.75, 3.05) is 0 Å². The Hall–Kier alpha value is -2.17. The van der Waals surface area contributed by atoms with E-state index in [1.54, 1.807) is 0 Å². The van der Waals surface area contributed by atoms with Crippen LogP contribution in [-0.2, 0) is 4.74 Å². The van der Waals surface area contributed by atoms with Gasteiger partial charge in [0.25, 0.3) is 5.69 Å². The average Bonchev–Trinajstić information content (AvgIpc) is 2.48. The molecule has 0 N–H and O–H groups in total. The van der Waals surface area contributed by atoms with Gasteiger partial charge in [-0.2, -0.15) is 0 Å². The number of nitro benzene ring substituents is 1. The molecule has 5 heteroatoms. The Labute approximate surface area is 129 Å². The SMILES string of the molecule is C=C1C(OC(=O)c2ccc([N+](=O)[O-])cc2)CC2CC1C2(C)C. The number of hydrogen-bond acceptors (Lipinski definition) is 4. The van der Waals surface area contributed by atoms with E-state index < -0.39 is 10.9 Å². The second-order valence-electron chi connectivity index (χ2n) is 6.82. The molecule has 3 saturated carbocycles. The predicted molar refractivity (Wildman–Crippen MR) is 81.4 cm³/mol. The monoisotopic (exact) mass is 301 g/mol. The van der Waals surface area contributed by atoms with Crippen molar-refractivity contribution in [2.45, 2.75) is 32.8 Å². The summed E-state index contributed by atoms with van der Waals surface area (Å²) in [6, 6.07) is 5.48. The fourth-order valence-corrected chi connectivity index (χ4v) is 3.72. The van der Waals surface area contributed by atoms with Gasteiger partial charge < -0.3 is 4.74 Å². The van der Waals surface area contributed by atoms with Gasteiger partial charge >= 0.3 is 5.97 Å². The number of benzene rings is 1. The maximum atomic E-state index is 12.2. The molecule has 22 heavy (non-hydrogen) atoms. The molecule has 3 aliphatic rings. The normalized spacial score (nSPS) is 28.6. The molecule has 3 aliphatic carbocycles. The van der Waals surface area contributed by atoms with Crippen molar-refractivity contribution in [1.82, 2.24) is 0 Å². The molecule has 0 heterocycles.